The highest BCUT2D eigenvalue weighted by molar-refractivity contribution is 7.47. The highest BCUT2D eigenvalue weighted by Crippen LogP contribution is 2.45. The van der Waals surface area contributed by atoms with E-state index in [1.54, 1.807) is 0 Å². The molecule has 0 aromatic rings. The highest BCUT2D eigenvalue weighted by Gasteiger charge is 2.30. The standard InChI is InChI=1S/C73H142O17P2/c1-5-9-13-17-21-25-29-32-34-36-39-42-46-50-54-58-71(76)84-64-69(90-73(78)60-56-52-48-44-40-37-35-33-30-26-22-18-14-10-6-2)66-88-92(81,82)86-62-67(74)61-85-91(79,80)87-65-68(63-83-70(75)57-53-49-45-41-28-24-20-16-12-8-4)89-72(77)59-55-51-47-43-38-31-27-23-19-15-11-7-3/h67-69,74H,5-66H2,1-4H3,(H,79,80)(H,81,82)/t67-,68+,69+/m0/s1. The zero-order valence-corrected chi connectivity index (χ0v) is 61.3. The van der Waals surface area contributed by atoms with E-state index in [-0.39, 0.29) is 25.7 Å². The number of esters is 4. The summed E-state index contributed by atoms with van der Waals surface area (Å²) in [6.45, 7) is 4.97. The lowest BCUT2D eigenvalue weighted by molar-refractivity contribution is -0.161. The van der Waals surface area contributed by atoms with E-state index in [0.717, 1.165) is 89.9 Å². The lowest BCUT2D eigenvalue weighted by Crippen LogP contribution is -2.30. The van der Waals surface area contributed by atoms with Crippen LogP contribution in [0.5, 0.6) is 0 Å². The maximum atomic E-state index is 13.1. The molecule has 2 unspecified atom stereocenters. The number of phosphoric ester groups is 2. The fraction of sp³-hybridized carbons (Fsp3) is 0.945. The van der Waals surface area contributed by atoms with Gasteiger partial charge in [0.2, 0.25) is 0 Å². The van der Waals surface area contributed by atoms with E-state index in [0.29, 0.717) is 25.7 Å². The summed E-state index contributed by atoms with van der Waals surface area (Å²) in [5.41, 5.74) is 0. The molecule has 0 aliphatic heterocycles. The molecule has 0 saturated carbocycles. The number of unbranched alkanes of at least 4 members (excludes halogenated alkanes) is 48. The van der Waals surface area contributed by atoms with Crippen LogP contribution in [0, 0.1) is 0 Å². The van der Waals surface area contributed by atoms with Crippen LogP contribution >= 0.6 is 15.6 Å². The molecule has 92 heavy (non-hydrogen) atoms. The summed E-state index contributed by atoms with van der Waals surface area (Å²) in [6, 6.07) is 0. The van der Waals surface area contributed by atoms with Gasteiger partial charge in [0.15, 0.2) is 12.2 Å². The Bertz CT molecular complexity index is 1760. The van der Waals surface area contributed by atoms with E-state index in [2.05, 4.69) is 27.7 Å². The summed E-state index contributed by atoms with van der Waals surface area (Å²) in [5, 5.41) is 10.6. The Balaban J connectivity index is 5.24. The minimum Gasteiger partial charge on any atom is -0.462 e. The number of hydrogen-bond acceptors (Lipinski definition) is 15. The molecule has 5 atom stereocenters. The largest absolute Gasteiger partial charge is 0.472 e. The topological polar surface area (TPSA) is 237 Å². The zero-order valence-electron chi connectivity index (χ0n) is 59.5. The molecule has 0 spiro atoms. The highest BCUT2D eigenvalue weighted by atomic mass is 31.2. The number of hydrogen-bond donors (Lipinski definition) is 3. The second-order valence-electron chi connectivity index (χ2n) is 26.3. The molecule has 0 fully saturated rings. The summed E-state index contributed by atoms with van der Waals surface area (Å²) in [4.78, 5) is 72.7. The minimum absolute atomic E-state index is 0.108. The molecule has 0 amide bonds. The number of carbonyl (C=O) groups is 4. The van der Waals surface area contributed by atoms with E-state index >= 15 is 0 Å². The van der Waals surface area contributed by atoms with Crippen molar-refractivity contribution in [2.75, 3.05) is 39.6 Å². The molecule has 0 aromatic carbocycles. The number of rotatable bonds is 74. The first-order valence-corrected chi connectivity index (χ1v) is 41.3. The Morgan fingerprint density at radius 3 is 0.641 bits per heavy atom. The molecule has 0 bridgehead atoms. The van der Waals surface area contributed by atoms with Crippen LogP contribution in [-0.4, -0.2) is 96.7 Å². The van der Waals surface area contributed by atoms with Gasteiger partial charge in [-0.25, -0.2) is 9.13 Å². The molecule has 3 N–H and O–H groups in total. The SMILES string of the molecule is CCCCCCCCCCCCCCCCCC(=O)OC[C@H](COP(=O)(O)OC[C@@H](O)COP(=O)(O)OC[C@@H](COC(=O)CCCCCCCCCCCC)OC(=O)CCCCCCCCCCCCCC)OC(=O)CCCCCCCCCCCCCCCCC. The van der Waals surface area contributed by atoms with Gasteiger partial charge in [-0.3, -0.25) is 37.3 Å². The fourth-order valence-corrected chi connectivity index (χ4v) is 12.8. The summed E-state index contributed by atoms with van der Waals surface area (Å²) in [7, 11) is -9.90. The van der Waals surface area contributed by atoms with Crippen LogP contribution in [0.4, 0.5) is 0 Å². The Morgan fingerprint density at radius 2 is 0.435 bits per heavy atom. The van der Waals surface area contributed by atoms with Crippen LogP contribution in [0.2, 0.25) is 0 Å². The van der Waals surface area contributed by atoms with Gasteiger partial charge in [-0.2, -0.15) is 0 Å². The summed E-state index contributed by atoms with van der Waals surface area (Å²) in [6.07, 6.45) is 56.6. The molecular weight excluding hydrogens is 1210 g/mol. The van der Waals surface area contributed by atoms with Crippen LogP contribution in [0.15, 0.2) is 0 Å². The molecule has 546 valence electrons. The van der Waals surface area contributed by atoms with E-state index in [1.807, 2.05) is 0 Å². The van der Waals surface area contributed by atoms with Crippen LogP contribution in [0.3, 0.4) is 0 Å². The maximum absolute atomic E-state index is 13.1. The number of phosphoric acid groups is 2. The van der Waals surface area contributed by atoms with Gasteiger partial charge >= 0.3 is 39.5 Å². The third-order valence-electron chi connectivity index (χ3n) is 17.1. The van der Waals surface area contributed by atoms with Crippen molar-refractivity contribution in [2.45, 2.75) is 406 Å². The average molecular weight is 1350 g/mol. The van der Waals surface area contributed by atoms with Gasteiger partial charge in [-0.1, -0.05) is 336 Å². The second kappa shape index (κ2) is 67.6. The monoisotopic (exact) mass is 1350 g/mol. The van der Waals surface area contributed by atoms with E-state index in [4.69, 9.17) is 37.0 Å². The van der Waals surface area contributed by atoms with Gasteiger partial charge in [-0.05, 0) is 25.7 Å². The van der Waals surface area contributed by atoms with Gasteiger partial charge in [0.25, 0.3) is 0 Å². The second-order valence-corrected chi connectivity index (χ2v) is 29.2. The fourth-order valence-electron chi connectivity index (χ4n) is 11.2. The normalized spacial score (nSPS) is 13.9. The van der Waals surface area contributed by atoms with Crippen molar-refractivity contribution in [3.8, 4) is 0 Å². The number of carbonyl (C=O) groups excluding carboxylic acids is 4. The van der Waals surface area contributed by atoms with Gasteiger partial charge in [0, 0.05) is 25.7 Å². The van der Waals surface area contributed by atoms with Crippen molar-refractivity contribution in [2.24, 2.45) is 0 Å². The average Bonchev–Trinajstić information content (AvgIpc) is 2.48. The van der Waals surface area contributed by atoms with Crippen molar-refractivity contribution >= 4 is 39.5 Å². The molecule has 19 heteroatoms. The lowest BCUT2D eigenvalue weighted by Gasteiger charge is -2.21. The zero-order chi connectivity index (χ0) is 67.5. The van der Waals surface area contributed by atoms with E-state index in [9.17, 15) is 43.2 Å². The molecule has 0 aliphatic rings. The Morgan fingerprint density at radius 1 is 0.261 bits per heavy atom. The molecular formula is C73H142O17P2. The van der Waals surface area contributed by atoms with Gasteiger partial charge in [-0.15, -0.1) is 0 Å². The third kappa shape index (κ3) is 66.7. The van der Waals surface area contributed by atoms with Crippen LogP contribution < -0.4 is 0 Å². The smallest absolute Gasteiger partial charge is 0.462 e. The predicted octanol–water partition coefficient (Wildman–Crippen LogP) is 21.4. The Kier molecular flexibility index (Phi) is 66.2. The van der Waals surface area contributed by atoms with E-state index < -0.39 is 97.5 Å². The number of aliphatic hydroxyl groups excluding tert-OH is 1. The van der Waals surface area contributed by atoms with Crippen molar-refractivity contribution < 1.29 is 80.2 Å². The Hall–Kier alpha value is -1.94. The molecule has 0 rings (SSSR count). The number of ether oxygens (including phenoxy) is 4. The van der Waals surface area contributed by atoms with Crippen LogP contribution in [0.25, 0.3) is 0 Å². The molecule has 17 nitrogen and oxygen atoms in total. The first kappa shape index (κ1) is 90.1. The third-order valence-corrected chi connectivity index (χ3v) is 19.0. The minimum atomic E-state index is -4.95. The van der Waals surface area contributed by atoms with Gasteiger partial charge < -0.3 is 33.8 Å². The molecule has 0 aromatic heterocycles. The van der Waals surface area contributed by atoms with Crippen molar-refractivity contribution in [3.63, 3.8) is 0 Å². The first-order chi connectivity index (χ1) is 44.7. The molecule has 0 saturated heterocycles. The summed E-state index contributed by atoms with van der Waals surface area (Å²) >= 11 is 0. The molecule has 0 heterocycles. The first-order valence-electron chi connectivity index (χ1n) is 38.3. The van der Waals surface area contributed by atoms with Crippen LogP contribution in [-0.2, 0) is 65.4 Å². The lowest BCUT2D eigenvalue weighted by atomic mass is 10.0. The van der Waals surface area contributed by atoms with Crippen molar-refractivity contribution in [3.05, 3.63) is 0 Å². The molecule has 0 radical (unpaired) electrons. The predicted molar refractivity (Wildman–Crippen MR) is 372 cm³/mol. The van der Waals surface area contributed by atoms with E-state index in [1.165, 1.54) is 218 Å². The number of aliphatic hydroxyl groups is 1. The summed E-state index contributed by atoms with van der Waals surface area (Å²) < 4.78 is 68.4. The van der Waals surface area contributed by atoms with Gasteiger partial charge in [0.05, 0.1) is 26.4 Å². The quantitative estimate of drug-likeness (QED) is 0.0222. The summed E-state index contributed by atoms with van der Waals surface area (Å²) in [5.74, 6) is -2.11. The molecule has 0 aliphatic carbocycles. The van der Waals surface area contributed by atoms with Crippen LogP contribution in [0.1, 0.15) is 387 Å². The maximum Gasteiger partial charge on any atom is 0.472 e. The van der Waals surface area contributed by atoms with Crippen molar-refractivity contribution in [1.29, 1.82) is 0 Å². The Labute approximate surface area is 562 Å². The van der Waals surface area contributed by atoms with Crippen molar-refractivity contribution in [1.82, 2.24) is 0 Å². The van der Waals surface area contributed by atoms with Gasteiger partial charge in [0.1, 0.15) is 19.3 Å².